The van der Waals surface area contributed by atoms with Gasteiger partial charge in [0.05, 0.1) is 11.3 Å². The fraction of sp³-hybridized carbons (Fsp3) is 0.381. The maximum atomic E-state index is 13.6. The van der Waals surface area contributed by atoms with Crippen LogP contribution >= 0.6 is 11.8 Å². The first-order valence-corrected chi connectivity index (χ1v) is 10.5. The lowest BCUT2D eigenvalue weighted by atomic mass is 9.73. The Hall–Kier alpha value is -1.99. The molecule has 0 bridgehead atoms. The largest absolute Gasteiger partial charge is 0.417 e. The van der Waals surface area contributed by atoms with Gasteiger partial charge >= 0.3 is 6.18 Å². The van der Waals surface area contributed by atoms with E-state index in [0.29, 0.717) is 23.7 Å². The minimum atomic E-state index is -4.48. The summed E-state index contributed by atoms with van der Waals surface area (Å²) >= 11 is 1.05. The van der Waals surface area contributed by atoms with Gasteiger partial charge in [-0.15, -0.1) is 11.8 Å². The minimum Gasteiger partial charge on any atom is -0.379 e. The molecule has 0 radical (unpaired) electrons. The molecule has 1 aliphatic carbocycles. The number of aliphatic hydroxyl groups is 1. The van der Waals surface area contributed by atoms with Crippen LogP contribution in [-0.2, 0) is 11.8 Å². The van der Waals surface area contributed by atoms with Crippen molar-refractivity contribution in [2.75, 3.05) is 6.26 Å². The average molecular weight is 406 g/mol. The summed E-state index contributed by atoms with van der Waals surface area (Å²) < 4.78 is 40.8. The van der Waals surface area contributed by atoms with E-state index in [1.165, 1.54) is 6.07 Å². The van der Waals surface area contributed by atoms with Crippen molar-refractivity contribution in [3.8, 4) is 0 Å². The molecule has 2 heterocycles. The normalized spacial score (nSPS) is 17.5. The monoisotopic (exact) mass is 406 g/mol. The third-order valence-electron chi connectivity index (χ3n) is 5.63. The van der Waals surface area contributed by atoms with Gasteiger partial charge in [0.25, 0.3) is 0 Å². The summed E-state index contributed by atoms with van der Waals surface area (Å²) in [6.45, 7) is 0. The number of thioether (sulfide) groups is 1. The quantitative estimate of drug-likeness (QED) is 0.532. The number of nitrogens with zero attached hydrogens (tertiary/aromatic N) is 1. The molecule has 1 unspecified atom stereocenters. The second kappa shape index (κ2) is 7.12. The molecule has 1 aliphatic rings. The van der Waals surface area contributed by atoms with Gasteiger partial charge in [-0.2, -0.15) is 13.2 Å². The van der Waals surface area contributed by atoms with E-state index in [-0.39, 0.29) is 10.5 Å². The molecule has 0 amide bonds. The van der Waals surface area contributed by atoms with E-state index in [9.17, 15) is 18.3 Å². The van der Waals surface area contributed by atoms with Gasteiger partial charge in [-0.3, -0.25) is 0 Å². The van der Waals surface area contributed by atoms with E-state index in [0.717, 1.165) is 42.5 Å². The molecular weight excluding hydrogens is 385 g/mol. The van der Waals surface area contributed by atoms with Crippen molar-refractivity contribution in [1.82, 2.24) is 9.97 Å². The number of benzene rings is 1. The SMILES string of the molecule is CSc1ccc(C(O)(CC2CCC2)c2cc3cccnc3[nH]2)cc1C(F)(F)F. The number of aromatic nitrogens is 2. The Kier molecular flexibility index (Phi) is 4.91. The van der Waals surface area contributed by atoms with Gasteiger partial charge in [0.2, 0.25) is 0 Å². The lowest BCUT2D eigenvalue weighted by molar-refractivity contribution is -0.139. The summed E-state index contributed by atoms with van der Waals surface area (Å²) in [6, 6.07) is 9.61. The molecule has 148 valence electrons. The van der Waals surface area contributed by atoms with Crippen LogP contribution in [0, 0.1) is 5.92 Å². The van der Waals surface area contributed by atoms with Gasteiger partial charge in [0.15, 0.2) is 0 Å². The van der Waals surface area contributed by atoms with Gasteiger partial charge in [-0.25, -0.2) is 4.98 Å². The Morgan fingerprint density at radius 3 is 2.61 bits per heavy atom. The third-order valence-corrected chi connectivity index (χ3v) is 6.42. The Bertz CT molecular complexity index is 964. The van der Waals surface area contributed by atoms with Gasteiger partial charge in [-0.1, -0.05) is 25.3 Å². The summed E-state index contributed by atoms with van der Waals surface area (Å²) in [5.41, 5.74) is -0.878. The van der Waals surface area contributed by atoms with Crippen molar-refractivity contribution in [2.45, 2.75) is 42.4 Å². The van der Waals surface area contributed by atoms with Crippen molar-refractivity contribution in [1.29, 1.82) is 0 Å². The Labute approximate surface area is 165 Å². The van der Waals surface area contributed by atoms with Gasteiger partial charge in [0.1, 0.15) is 11.2 Å². The highest BCUT2D eigenvalue weighted by Gasteiger charge is 2.40. The number of H-pyrrole nitrogens is 1. The molecule has 28 heavy (non-hydrogen) atoms. The number of alkyl halides is 3. The molecule has 1 saturated carbocycles. The lowest BCUT2D eigenvalue weighted by Crippen LogP contribution is -2.33. The highest BCUT2D eigenvalue weighted by Crippen LogP contribution is 2.45. The fourth-order valence-electron chi connectivity index (χ4n) is 3.87. The molecule has 1 aromatic carbocycles. The summed E-state index contributed by atoms with van der Waals surface area (Å²) in [4.78, 5) is 7.54. The minimum absolute atomic E-state index is 0.153. The molecule has 0 saturated heterocycles. The molecule has 0 aliphatic heterocycles. The van der Waals surface area contributed by atoms with Crippen LogP contribution in [0.5, 0.6) is 0 Å². The molecule has 3 nitrogen and oxygen atoms in total. The van der Waals surface area contributed by atoms with E-state index in [2.05, 4.69) is 9.97 Å². The predicted octanol–water partition coefficient (Wildman–Crippen LogP) is 5.73. The van der Waals surface area contributed by atoms with Gasteiger partial charge in [0, 0.05) is 16.5 Å². The molecule has 4 rings (SSSR count). The molecule has 1 fully saturated rings. The van der Waals surface area contributed by atoms with Crippen molar-refractivity contribution in [3.63, 3.8) is 0 Å². The zero-order valence-electron chi connectivity index (χ0n) is 15.4. The standard InChI is InChI=1S/C21H21F3N2OS/c1-28-17-8-7-15(11-16(17)21(22,23)24)20(27,12-13-4-2-5-13)18-10-14-6-3-9-25-19(14)26-18/h3,6-11,13,27H,2,4-5,12H2,1H3,(H,25,26). The number of nitrogens with one attached hydrogen (secondary N) is 1. The van der Waals surface area contributed by atoms with Crippen LogP contribution in [0.15, 0.2) is 47.5 Å². The number of hydrogen-bond donors (Lipinski definition) is 2. The Balaban J connectivity index is 1.86. The second-order valence-corrected chi connectivity index (χ2v) is 8.25. The summed E-state index contributed by atoms with van der Waals surface area (Å²) in [6.07, 6.45) is 2.22. The number of hydrogen-bond acceptors (Lipinski definition) is 3. The molecule has 2 N–H and O–H groups in total. The third kappa shape index (κ3) is 3.42. The zero-order valence-corrected chi connectivity index (χ0v) is 16.2. The number of halogens is 3. The predicted molar refractivity (Wildman–Crippen MR) is 104 cm³/mol. The van der Waals surface area contributed by atoms with Crippen LogP contribution in [0.1, 0.15) is 42.5 Å². The van der Waals surface area contributed by atoms with Gasteiger partial charge < -0.3 is 10.1 Å². The average Bonchev–Trinajstić information content (AvgIpc) is 3.08. The van der Waals surface area contributed by atoms with Gasteiger partial charge in [-0.05, 0) is 54.5 Å². The van der Waals surface area contributed by atoms with E-state index < -0.39 is 17.3 Å². The number of aromatic amines is 1. The van der Waals surface area contributed by atoms with Crippen molar-refractivity contribution < 1.29 is 18.3 Å². The first-order valence-electron chi connectivity index (χ1n) is 9.23. The van der Waals surface area contributed by atoms with Crippen LogP contribution < -0.4 is 0 Å². The van der Waals surface area contributed by atoms with Crippen LogP contribution in [0.2, 0.25) is 0 Å². The molecule has 2 aromatic heterocycles. The smallest absolute Gasteiger partial charge is 0.379 e. The Morgan fingerprint density at radius 1 is 1.21 bits per heavy atom. The van der Waals surface area contributed by atoms with Crippen LogP contribution in [0.4, 0.5) is 13.2 Å². The maximum Gasteiger partial charge on any atom is 0.417 e. The first-order chi connectivity index (χ1) is 13.3. The maximum absolute atomic E-state index is 13.6. The molecule has 7 heteroatoms. The van der Waals surface area contributed by atoms with Crippen LogP contribution in [0.3, 0.4) is 0 Å². The topological polar surface area (TPSA) is 48.9 Å². The molecule has 0 spiro atoms. The van der Waals surface area contributed by atoms with Crippen molar-refractivity contribution >= 4 is 22.8 Å². The zero-order chi connectivity index (χ0) is 19.9. The summed E-state index contributed by atoms with van der Waals surface area (Å²) in [5.74, 6) is 0.291. The summed E-state index contributed by atoms with van der Waals surface area (Å²) in [7, 11) is 0. The van der Waals surface area contributed by atoms with Crippen molar-refractivity contribution in [3.05, 3.63) is 59.4 Å². The van der Waals surface area contributed by atoms with E-state index >= 15 is 0 Å². The van der Waals surface area contributed by atoms with Crippen LogP contribution in [-0.4, -0.2) is 21.3 Å². The number of fused-ring (bicyclic) bond motifs is 1. The highest BCUT2D eigenvalue weighted by molar-refractivity contribution is 7.98. The molecule has 1 atom stereocenters. The van der Waals surface area contributed by atoms with Crippen molar-refractivity contribution in [2.24, 2.45) is 5.92 Å². The van der Waals surface area contributed by atoms with E-state index in [4.69, 9.17) is 0 Å². The summed E-state index contributed by atoms with van der Waals surface area (Å²) in [5, 5.41) is 12.5. The lowest BCUT2D eigenvalue weighted by Gasteiger charge is -2.36. The number of pyridine rings is 1. The number of rotatable bonds is 5. The first kappa shape index (κ1) is 19.3. The fourth-order valence-corrected chi connectivity index (χ4v) is 4.46. The second-order valence-electron chi connectivity index (χ2n) is 7.40. The Morgan fingerprint density at radius 2 is 2.00 bits per heavy atom. The molecular formula is C21H21F3N2OS. The van der Waals surface area contributed by atoms with E-state index in [1.807, 2.05) is 6.07 Å². The van der Waals surface area contributed by atoms with E-state index in [1.54, 1.807) is 30.7 Å². The van der Waals surface area contributed by atoms with Crippen LogP contribution in [0.25, 0.3) is 11.0 Å². The molecule has 3 aromatic rings. The highest BCUT2D eigenvalue weighted by atomic mass is 32.2.